The van der Waals surface area contributed by atoms with Crippen molar-refractivity contribution in [3.63, 3.8) is 0 Å². The zero-order valence-corrected chi connectivity index (χ0v) is 25.9. The number of aliphatic hydroxyl groups is 2. The molecule has 2 aromatic carbocycles. The van der Waals surface area contributed by atoms with E-state index < -0.39 is 0 Å². The molecule has 2 fully saturated rings. The van der Waals surface area contributed by atoms with Crippen LogP contribution in [0.5, 0.6) is 0 Å². The number of carbonyl (C=O) groups excluding carboxylic acids is 2. The van der Waals surface area contributed by atoms with E-state index in [1.807, 2.05) is 90.1 Å². The standard InChI is InChI=1S/C36H44N2O4/c1-23-11-15-25(16-12-23)37-27-19-35(3,4)21-31(41)33(27)29(39)9-7-8-10-30(40)34-28(20-36(5,6)22-32(34)42)38-26-17-13-24(2)14-18-26/h11-18,39-40H,7-10,19-22H2,1-6H3. The Balaban J connectivity index is 1.51. The van der Waals surface area contributed by atoms with Crippen molar-refractivity contribution in [3.05, 3.63) is 82.3 Å². The van der Waals surface area contributed by atoms with Gasteiger partial charge in [-0.25, -0.2) is 0 Å². The Bertz CT molecular complexity index is 1360. The third kappa shape index (κ3) is 7.93. The van der Waals surface area contributed by atoms with Crippen molar-refractivity contribution in [1.29, 1.82) is 0 Å². The molecule has 42 heavy (non-hydrogen) atoms. The molecule has 4 rings (SSSR count). The van der Waals surface area contributed by atoms with Gasteiger partial charge in [0.15, 0.2) is 11.6 Å². The van der Waals surface area contributed by atoms with E-state index in [9.17, 15) is 19.8 Å². The topological polar surface area (TPSA) is 99.3 Å². The number of carbonyl (C=O) groups is 2. The summed E-state index contributed by atoms with van der Waals surface area (Å²) < 4.78 is 0. The monoisotopic (exact) mass is 568 g/mol. The maximum absolute atomic E-state index is 13.2. The van der Waals surface area contributed by atoms with Crippen LogP contribution in [0.4, 0.5) is 11.4 Å². The summed E-state index contributed by atoms with van der Waals surface area (Å²) in [5.41, 5.74) is 5.20. The van der Waals surface area contributed by atoms with Gasteiger partial charge in [-0.1, -0.05) is 63.1 Å². The van der Waals surface area contributed by atoms with Crippen LogP contribution in [0.2, 0.25) is 0 Å². The van der Waals surface area contributed by atoms with E-state index in [1.165, 1.54) is 0 Å². The van der Waals surface area contributed by atoms with E-state index in [2.05, 4.69) is 0 Å². The number of Topliss-reactive ketones (excluding diaryl/α,β-unsaturated/α-hetero) is 2. The Morgan fingerprint density at radius 3 is 1.29 bits per heavy atom. The highest BCUT2D eigenvalue weighted by Gasteiger charge is 2.37. The summed E-state index contributed by atoms with van der Waals surface area (Å²) >= 11 is 0. The average molecular weight is 569 g/mol. The summed E-state index contributed by atoms with van der Waals surface area (Å²) in [6, 6.07) is 15.6. The van der Waals surface area contributed by atoms with E-state index >= 15 is 0 Å². The minimum Gasteiger partial charge on any atom is -0.511 e. The molecule has 222 valence electrons. The van der Waals surface area contributed by atoms with Crippen molar-refractivity contribution in [3.8, 4) is 0 Å². The predicted octanol–water partition coefficient (Wildman–Crippen LogP) is 9.11. The molecular formula is C36H44N2O4. The summed E-state index contributed by atoms with van der Waals surface area (Å²) in [7, 11) is 0. The lowest BCUT2D eigenvalue weighted by Crippen LogP contribution is -2.32. The number of aliphatic hydroxyl groups excluding tert-OH is 2. The number of aryl methyl sites for hydroxylation is 2. The van der Waals surface area contributed by atoms with Gasteiger partial charge < -0.3 is 10.2 Å². The lowest BCUT2D eigenvalue weighted by atomic mass is 9.73. The van der Waals surface area contributed by atoms with Gasteiger partial charge in [0.2, 0.25) is 0 Å². The number of nitrogens with zero attached hydrogens (tertiary/aromatic N) is 2. The fraction of sp³-hybridized carbons (Fsp3) is 0.444. The molecular weight excluding hydrogens is 524 g/mol. The largest absolute Gasteiger partial charge is 0.511 e. The molecule has 0 amide bonds. The van der Waals surface area contributed by atoms with Gasteiger partial charge in [0.1, 0.15) is 11.5 Å². The molecule has 2 aliphatic carbocycles. The number of ketones is 2. The highest BCUT2D eigenvalue weighted by atomic mass is 16.3. The molecule has 0 saturated heterocycles. The van der Waals surface area contributed by atoms with Crippen molar-refractivity contribution < 1.29 is 19.8 Å². The van der Waals surface area contributed by atoms with Gasteiger partial charge in [0.05, 0.1) is 33.9 Å². The van der Waals surface area contributed by atoms with Crippen LogP contribution < -0.4 is 0 Å². The molecule has 0 heterocycles. The Morgan fingerprint density at radius 2 is 0.952 bits per heavy atom. The van der Waals surface area contributed by atoms with Gasteiger partial charge in [-0.05, 0) is 74.6 Å². The maximum atomic E-state index is 13.2. The second kappa shape index (κ2) is 12.6. The second-order valence-corrected chi connectivity index (χ2v) is 13.5. The van der Waals surface area contributed by atoms with Gasteiger partial charge in [-0.2, -0.15) is 0 Å². The quantitative estimate of drug-likeness (QED) is 0.198. The minimum absolute atomic E-state index is 0.0469. The summed E-state index contributed by atoms with van der Waals surface area (Å²) in [6.07, 6.45) is 3.59. The highest BCUT2D eigenvalue weighted by Crippen LogP contribution is 2.38. The third-order valence-corrected chi connectivity index (χ3v) is 7.96. The lowest BCUT2D eigenvalue weighted by molar-refractivity contribution is -0.118. The first kappa shape index (κ1) is 31.1. The number of hydrogen-bond acceptors (Lipinski definition) is 6. The molecule has 0 bridgehead atoms. The van der Waals surface area contributed by atoms with Crippen molar-refractivity contribution in [2.45, 2.75) is 92.9 Å². The normalized spacial score (nSPS) is 22.9. The maximum Gasteiger partial charge on any atom is 0.168 e. The predicted molar refractivity (Wildman–Crippen MR) is 170 cm³/mol. The van der Waals surface area contributed by atoms with Crippen molar-refractivity contribution in [2.75, 3.05) is 0 Å². The van der Waals surface area contributed by atoms with Gasteiger partial charge in [-0.3, -0.25) is 19.6 Å². The van der Waals surface area contributed by atoms with Gasteiger partial charge >= 0.3 is 0 Å². The summed E-state index contributed by atoms with van der Waals surface area (Å²) in [5.74, 6) is -0.0878. The summed E-state index contributed by atoms with van der Waals surface area (Å²) in [5, 5.41) is 22.2. The van der Waals surface area contributed by atoms with Crippen LogP contribution in [0.15, 0.2) is 81.2 Å². The first-order valence-electron chi connectivity index (χ1n) is 14.9. The zero-order valence-electron chi connectivity index (χ0n) is 25.9. The van der Waals surface area contributed by atoms with Crippen LogP contribution >= 0.6 is 0 Å². The molecule has 6 nitrogen and oxygen atoms in total. The molecule has 0 atom stereocenters. The van der Waals surface area contributed by atoms with Gasteiger partial charge in [-0.15, -0.1) is 0 Å². The number of hydrogen-bond donors (Lipinski definition) is 2. The zero-order chi connectivity index (χ0) is 30.7. The Hall–Kier alpha value is -3.80. The van der Waals surface area contributed by atoms with E-state index in [0.717, 1.165) is 22.5 Å². The smallest absolute Gasteiger partial charge is 0.168 e. The van der Waals surface area contributed by atoms with Crippen molar-refractivity contribution in [1.82, 2.24) is 0 Å². The Kier molecular flexibility index (Phi) is 9.34. The molecule has 6 heteroatoms. The lowest BCUT2D eigenvalue weighted by Gasteiger charge is -2.31. The highest BCUT2D eigenvalue weighted by molar-refractivity contribution is 6.26. The van der Waals surface area contributed by atoms with E-state index in [4.69, 9.17) is 9.98 Å². The number of benzene rings is 2. The van der Waals surface area contributed by atoms with E-state index in [0.29, 0.717) is 73.9 Å². The fourth-order valence-electron chi connectivity index (χ4n) is 5.81. The number of aliphatic imine (C=N–C) groups is 2. The molecule has 2 aliphatic rings. The van der Waals surface area contributed by atoms with Crippen LogP contribution in [0.1, 0.15) is 90.2 Å². The number of rotatable bonds is 7. The first-order chi connectivity index (χ1) is 19.7. The van der Waals surface area contributed by atoms with E-state index in [1.54, 1.807) is 0 Å². The molecule has 0 aromatic heterocycles. The molecule has 0 spiro atoms. The van der Waals surface area contributed by atoms with Crippen LogP contribution in [0, 0.1) is 24.7 Å². The molecule has 2 aromatic rings. The summed E-state index contributed by atoms with van der Waals surface area (Å²) in [4.78, 5) is 35.8. The molecule has 0 aliphatic heterocycles. The number of allylic oxidation sites excluding steroid dienone is 4. The molecule has 0 radical (unpaired) electrons. The molecule has 2 N–H and O–H groups in total. The molecule has 2 saturated carbocycles. The molecule has 0 unspecified atom stereocenters. The first-order valence-corrected chi connectivity index (χ1v) is 14.9. The van der Waals surface area contributed by atoms with Gasteiger partial charge in [0.25, 0.3) is 0 Å². The third-order valence-electron chi connectivity index (χ3n) is 7.96. The SMILES string of the molecule is Cc1ccc(N=C2CC(C)(C)CC(=O)C2=C(O)CCCCC(O)=C2C(=O)CC(C)(C)CC2=Nc2ccc(C)cc2)cc1. The fourth-order valence-corrected chi connectivity index (χ4v) is 5.81. The van der Waals surface area contributed by atoms with Crippen molar-refractivity contribution >= 4 is 34.4 Å². The minimum atomic E-state index is -0.235. The Labute approximate surface area is 250 Å². The second-order valence-electron chi connectivity index (χ2n) is 13.5. The van der Waals surface area contributed by atoms with Gasteiger partial charge in [0, 0.05) is 25.7 Å². The summed E-state index contributed by atoms with van der Waals surface area (Å²) in [6.45, 7) is 12.2. The van der Waals surface area contributed by atoms with Crippen LogP contribution in [0.25, 0.3) is 0 Å². The van der Waals surface area contributed by atoms with Crippen LogP contribution in [-0.4, -0.2) is 33.2 Å². The van der Waals surface area contributed by atoms with Crippen LogP contribution in [0.3, 0.4) is 0 Å². The average Bonchev–Trinajstić information content (AvgIpc) is 2.87. The van der Waals surface area contributed by atoms with Crippen LogP contribution in [-0.2, 0) is 9.59 Å². The number of unbranched alkanes of at least 4 members (excludes halogenated alkanes) is 1. The van der Waals surface area contributed by atoms with E-state index in [-0.39, 0.29) is 33.9 Å². The Morgan fingerprint density at radius 1 is 0.619 bits per heavy atom. The van der Waals surface area contributed by atoms with Crippen molar-refractivity contribution in [2.24, 2.45) is 20.8 Å².